The number of oxazole rings is 2. The summed E-state index contributed by atoms with van der Waals surface area (Å²) >= 11 is -0.750. The van der Waals surface area contributed by atoms with Crippen molar-refractivity contribution in [3.63, 3.8) is 0 Å². The third-order valence-corrected chi connectivity index (χ3v) is 8.03. The van der Waals surface area contributed by atoms with Crippen LogP contribution in [-0.2, 0) is 11.6 Å². The summed E-state index contributed by atoms with van der Waals surface area (Å²) in [5, 5.41) is 0. The number of hydrogen-bond donors (Lipinski definition) is 0. The van der Waals surface area contributed by atoms with Crippen LogP contribution in [0, 0.1) is 32.4 Å². The average molecular weight is 597 g/mol. The van der Waals surface area contributed by atoms with Crippen molar-refractivity contribution in [3.8, 4) is 22.6 Å². The van der Waals surface area contributed by atoms with Gasteiger partial charge >= 0.3 is 11.6 Å². The van der Waals surface area contributed by atoms with Crippen LogP contribution in [-0.4, -0.2) is 18.4 Å². The van der Waals surface area contributed by atoms with E-state index >= 15 is 0 Å². The first-order valence-electron chi connectivity index (χ1n) is 14.7. The van der Waals surface area contributed by atoms with Gasteiger partial charge in [0.05, 0.1) is 11.4 Å². The molecule has 2 saturated carbocycles. The van der Waals surface area contributed by atoms with Gasteiger partial charge in [0.15, 0.2) is 23.3 Å². The highest BCUT2D eigenvalue weighted by molar-refractivity contribution is 7.51. The first kappa shape index (κ1) is 31.5. The number of hydrogen-bond acceptors (Lipinski definition) is 6. The molecule has 0 atom stereocenters. The van der Waals surface area contributed by atoms with Gasteiger partial charge in [0.25, 0.3) is 0 Å². The fourth-order valence-electron chi connectivity index (χ4n) is 5.97. The number of aryl methyl sites for hydroxylation is 3. The van der Waals surface area contributed by atoms with Crippen LogP contribution in [0.1, 0.15) is 105 Å². The van der Waals surface area contributed by atoms with Gasteiger partial charge in [-0.2, -0.15) is 8.42 Å². The monoisotopic (exact) mass is 596 g/mol. The van der Waals surface area contributed by atoms with Gasteiger partial charge in [-0.3, -0.25) is 0 Å². The summed E-state index contributed by atoms with van der Waals surface area (Å²) in [6, 6.07) is 11.8. The highest BCUT2D eigenvalue weighted by Gasteiger charge is 2.25. The van der Waals surface area contributed by atoms with Gasteiger partial charge in [0, 0.05) is 36.8 Å². The third kappa shape index (κ3) is 8.09. The van der Waals surface area contributed by atoms with Crippen molar-refractivity contribution in [2.45, 2.75) is 96.8 Å². The van der Waals surface area contributed by atoms with E-state index in [1.54, 1.807) is 25.1 Å². The fourth-order valence-corrected chi connectivity index (χ4v) is 5.97. The molecular formula is C33H38F2N2O4S. The second kappa shape index (κ2) is 15.1. The summed E-state index contributed by atoms with van der Waals surface area (Å²) in [5.41, 5.74) is 4.29. The third-order valence-electron chi connectivity index (χ3n) is 8.03. The molecule has 2 fully saturated rings. The van der Waals surface area contributed by atoms with E-state index in [9.17, 15) is 8.78 Å². The summed E-state index contributed by atoms with van der Waals surface area (Å²) in [4.78, 5) is 9.12. The normalized spacial score (nSPS) is 15.7. The van der Waals surface area contributed by atoms with E-state index < -0.39 is 11.6 Å². The summed E-state index contributed by atoms with van der Waals surface area (Å²) in [7, 11) is 0. The topological polar surface area (TPSA) is 86.2 Å². The Morgan fingerprint density at radius 1 is 0.690 bits per heavy atom. The molecule has 224 valence electrons. The summed E-state index contributed by atoms with van der Waals surface area (Å²) in [5.74, 6) is 3.34. The maximum atomic E-state index is 13.8. The number of benzene rings is 2. The van der Waals surface area contributed by atoms with Gasteiger partial charge in [-0.1, -0.05) is 62.8 Å². The molecule has 0 aliphatic heterocycles. The van der Waals surface area contributed by atoms with E-state index in [2.05, 4.69) is 9.97 Å². The van der Waals surface area contributed by atoms with E-state index in [4.69, 9.17) is 17.3 Å². The zero-order valence-corrected chi connectivity index (χ0v) is 25.3. The van der Waals surface area contributed by atoms with Gasteiger partial charge in [-0.25, -0.2) is 18.7 Å². The van der Waals surface area contributed by atoms with Crippen LogP contribution in [0.5, 0.6) is 0 Å². The van der Waals surface area contributed by atoms with Crippen molar-refractivity contribution < 1.29 is 26.0 Å². The van der Waals surface area contributed by atoms with Crippen LogP contribution in [0.2, 0.25) is 0 Å². The lowest BCUT2D eigenvalue weighted by Gasteiger charge is -2.20. The van der Waals surface area contributed by atoms with E-state index in [-0.39, 0.29) is 11.6 Å². The first-order valence-corrected chi connectivity index (χ1v) is 15.4. The molecule has 0 radical (unpaired) electrons. The minimum atomic E-state index is -0.750. The predicted molar refractivity (Wildman–Crippen MR) is 159 cm³/mol. The molecule has 6 rings (SSSR count). The van der Waals surface area contributed by atoms with E-state index in [0.29, 0.717) is 29.2 Å². The Labute approximate surface area is 249 Å². The molecule has 2 aliphatic rings. The Kier molecular flexibility index (Phi) is 11.3. The van der Waals surface area contributed by atoms with E-state index in [0.717, 1.165) is 59.7 Å². The van der Waals surface area contributed by atoms with Crippen LogP contribution >= 0.6 is 0 Å². The molecule has 6 nitrogen and oxygen atoms in total. The van der Waals surface area contributed by atoms with Crippen molar-refractivity contribution >= 4 is 11.6 Å². The molecule has 0 amide bonds. The lowest BCUT2D eigenvalue weighted by molar-refractivity contribution is 0.436. The van der Waals surface area contributed by atoms with Crippen molar-refractivity contribution in [3.05, 3.63) is 82.8 Å². The Bertz CT molecular complexity index is 1500. The molecule has 0 spiro atoms. The van der Waals surface area contributed by atoms with Gasteiger partial charge in [-0.05, 0) is 56.4 Å². The SMILES string of the molecule is Cc1nc(C2CCCCC2)c(-c2ccc(C)c(F)c2)o1.Cc1nc(C2CCCCC2)c(-c2cccc(F)c2)o1.O=S=O. The van der Waals surface area contributed by atoms with E-state index in [1.807, 2.05) is 26.0 Å². The lowest BCUT2D eigenvalue weighted by Crippen LogP contribution is -2.06. The summed E-state index contributed by atoms with van der Waals surface area (Å²) < 4.78 is 55.2. The number of rotatable bonds is 4. The standard InChI is InChI=1S/C17H20FNO.C16H18FNO.O2S/c1-11-8-9-14(10-15(11)18)17-16(19-12(2)20-17)13-6-4-3-5-7-13;1-11-18-15(12-6-3-2-4-7-12)16(19-11)13-8-5-9-14(17)10-13;1-3-2/h8-10,13H,3-7H2,1-2H3;5,8-10,12H,2-4,6-7H2,1H3;. The Morgan fingerprint density at radius 3 is 1.62 bits per heavy atom. The smallest absolute Gasteiger partial charge is 0.335 e. The molecule has 0 saturated heterocycles. The highest BCUT2D eigenvalue weighted by Crippen LogP contribution is 2.39. The maximum Gasteiger partial charge on any atom is 0.335 e. The predicted octanol–water partition coefficient (Wildman–Crippen LogP) is 9.31. The summed E-state index contributed by atoms with van der Waals surface area (Å²) in [6.07, 6.45) is 12.3. The Morgan fingerprint density at radius 2 is 1.17 bits per heavy atom. The molecule has 0 unspecified atom stereocenters. The molecule has 9 heteroatoms. The minimum absolute atomic E-state index is 0.189. The van der Waals surface area contributed by atoms with Crippen molar-refractivity contribution in [2.75, 3.05) is 0 Å². The second-order valence-electron chi connectivity index (χ2n) is 11.1. The van der Waals surface area contributed by atoms with Gasteiger partial charge in [-0.15, -0.1) is 0 Å². The second-order valence-corrected chi connectivity index (χ2v) is 11.2. The van der Waals surface area contributed by atoms with Crippen LogP contribution in [0.3, 0.4) is 0 Å². The van der Waals surface area contributed by atoms with Crippen molar-refractivity contribution in [2.24, 2.45) is 0 Å². The zero-order valence-electron chi connectivity index (χ0n) is 24.5. The molecule has 0 N–H and O–H groups in total. The first-order chi connectivity index (χ1) is 20.3. The molecule has 2 aliphatic carbocycles. The molecule has 2 heterocycles. The Hall–Kier alpha value is -3.46. The fraction of sp³-hybridized carbons (Fsp3) is 0.455. The van der Waals surface area contributed by atoms with Gasteiger partial charge in [0.1, 0.15) is 11.6 Å². The number of aromatic nitrogens is 2. The molecule has 2 aromatic carbocycles. The number of nitrogens with zero attached hydrogens (tertiary/aromatic N) is 2. The van der Waals surface area contributed by atoms with E-state index in [1.165, 1.54) is 50.7 Å². The highest BCUT2D eigenvalue weighted by atomic mass is 32.1. The molecule has 42 heavy (non-hydrogen) atoms. The van der Waals surface area contributed by atoms with Gasteiger partial charge < -0.3 is 8.83 Å². The Balaban J connectivity index is 0.000000177. The molecule has 0 bridgehead atoms. The van der Waals surface area contributed by atoms with Crippen molar-refractivity contribution in [1.29, 1.82) is 0 Å². The maximum absolute atomic E-state index is 13.8. The van der Waals surface area contributed by atoms with Crippen LogP contribution in [0.4, 0.5) is 8.78 Å². The molecule has 4 aromatic rings. The average Bonchev–Trinajstić information content (AvgIpc) is 3.59. The van der Waals surface area contributed by atoms with Crippen LogP contribution in [0.15, 0.2) is 51.3 Å². The van der Waals surface area contributed by atoms with Crippen LogP contribution < -0.4 is 0 Å². The minimum Gasteiger partial charge on any atom is -0.441 e. The van der Waals surface area contributed by atoms with Crippen LogP contribution in [0.25, 0.3) is 22.6 Å². The molecular weight excluding hydrogens is 558 g/mol. The van der Waals surface area contributed by atoms with Crippen molar-refractivity contribution in [1.82, 2.24) is 9.97 Å². The largest absolute Gasteiger partial charge is 0.441 e. The lowest BCUT2D eigenvalue weighted by atomic mass is 9.85. The molecule has 2 aromatic heterocycles. The number of halogens is 2. The van der Waals surface area contributed by atoms with Gasteiger partial charge in [0.2, 0.25) is 0 Å². The summed E-state index contributed by atoms with van der Waals surface area (Å²) in [6.45, 7) is 5.49. The quantitative estimate of drug-likeness (QED) is 0.233. The zero-order chi connectivity index (χ0) is 30.1.